The lowest BCUT2D eigenvalue weighted by Gasteiger charge is -2.19. The van der Waals surface area contributed by atoms with E-state index in [0.29, 0.717) is 27.3 Å². The summed E-state index contributed by atoms with van der Waals surface area (Å²) >= 11 is 1.22. The Morgan fingerprint density at radius 1 is 0.833 bits per heavy atom. The zero-order valence-corrected chi connectivity index (χ0v) is 20.6. The summed E-state index contributed by atoms with van der Waals surface area (Å²) in [5.41, 5.74) is 4.27. The number of para-hydroxylation sites is 1. The lowest BCUT2D eigenvalue weighted by Crippen LogP contribution is -2.23. The van der Waals surface area contributed by atoms with Crippen LogP contribution in [0.25, 0.3) is 16.6 Å². The maximum Gasteiger partial charge on any atom is 0.266 e. The van der Waals surface area contributed by atoms with Gasteiger partial charge in [-0.15, -0.1) is 0 Å². The average molecular weight is 495 g/mol. The smallest absolute Gasteiger partial charge is 0.266 e. The highest BCUT2D eigenvalue weighted by molar-refractivity contribution is 8.00. The van der Waals surface area contributed by atoms with Gasteiger partial charge in [-0.1, -0.05) is 83.6 Å². The molecule has 0 fully saturated rings. The summed E-state index contributed by atoms with van der Waals surface area (Å²) in [4.78, 5) is 32.2. The molecular weight excluding hydrogens is 471 g/mol. The van der Waals surface area contributed by atoms with Crippen LogP contribution >= 0.6 is 11.8 Å². The van der Waals surface area contributed by atoms with Crippen LogP contribution in [0.1, 0.15) is 32.3 Å². The van der Waals surface area contributed by atoms with Gasteiger partial charge in [-0.3, -0.25) is 14.2 Å². The van der Waals surface area contributed by atoms with Gasteiger partial charge in [-0.25, -0.2) is 9.37 Å². The first-order valence-corrected chi connectivity index (χ1v) is 12.4. The Morgan fingerprint density at radius 2 is 1.44 bits per heavy atom. The third kappa shape index (κ3) is 4.72. The second-order valence-corrected chi connectivity index (χ2v) is 9.74. The number of carbonyl (C=O) groups is 1. The second-order valence-electron chi connectivity index (χ2n) is 8.67. The van der Waals surface area contributed by atoms with E-state index in [4.69, 9.17) is 4.98 Å². The van der Waals surface area contributed by atoms with E-state index in [9.17, 15) is 14.0 Å². The molecule has 6 heteroatoms. The topological polar surface area (TPSA) is 52.0 Å². The number of thioether (sulfide) groups is 1. The molecule has 1 aromatic heterocycles. The average Bonchev–Trinajstić information content (AvgIpc) is 2.89. The molecule has 0 amide bonds. The number of rotatable bonds is 6. The van der Waals surface area contributed by atoms with Crippen LogP contribution < -0.4 is 5.56 Å². The number of hydrogen-bond donors (Lipinski definition) is 0. The zero-order valence-electron chi connectivity index (χ0n) is 19.8. The maximum atomic E-state index is 13.8. The minimum absolute atomic E-state index is 0.0862. The van der Waals surface area contributed by atoms with Crippen molar-refractivity contribution in [3.8, 4) is 5.69 Å². The van der Waals surface area contributed by atoms with E-state index in [1.807, 2.05) is 68.4 Å². The van der Waals surface area contributed by atoms with Gasteiger partial charge in [0.15, 0.2) is 10.9 Å². The van der Waals surface area contributed by atoms with Crippen LogP contribution in [0.4, 0.5) is 4.39 Å². The van der Waals surface area contributed by atoms with E-state index >= 15 is 0 Å². The van der Waals surface area contributed by atoms with Gasteiger partial charge in [0.1, 0.15) is 11.1 Å². The normalized spacial score (nSPS) is 12.0. The fraction of sp³-hybridized carbons (Fsp3) is 0.100. The third-order valence-corrected chi connectivity index (χ3v) is 7.21. The van der Waals surface area contributed by atoms with Gasteiger partial charge in [0.05, 0.1) is 16.6 Å². The monoisotopic (exact) mass is 494 g/mol. The summed E-state index contributed by atoms with van der Waals surface area (Å²) in [7, 11) is 0. The van der Waals surface area contributed by atoms with E-state index in [0.717, 1.165) is 16.7 Å². The molecule has 0 saturated carbocycles. The van der Waals surface area contributed by atoms with Crippen molar-refractivity contribution in [1.82, 2.24) is 9.55 Å². The van der Waals surface area contributed by atoms with Crippen LogP contribution in [0.15, 0.2) is 107 Å². The molecule has 0 aliphatic heterocycles. The third-order valence-electron chi connectivity index (χ3n) is 6.01. The Morgan fingerprint density at radius 3 is 2.11 bits per heavy atom. The van der Waals surface area contributed by atoms with E-state index < -0.39 is 11.1 Å². The number of hydrogen-bond acceptors (Lipinski definition) is 4. The lowest BCUT2D eigenvalue weighted by atomic mass is 10.0. The molecular formula is C30H23FN2O2S. The summed E-state index contributed by atoms with van der Waals surface area (Å²) in [6, 6.07) is 28.0. The summed E-state index contributed by atoms with van der Waals surface area (Å²) in [5.74, 6) is -0.487. The minimum Gasteiger partial charge on any atom is -0.293 e. The molecule has 4 nitrogen and oxygen atoms in total. The molecule has 0 aliphatic rings. The van der Waals surface area contributed by atoms with Crippen molar-refractivity contribution in [2.45, 2.75) is 24.3 Å². The largest absolute Gasteiger partial charge is 0.293 e. The highest BCUT2D eigenvalue weighted by atomic mass is 32.2. The number of benzene rings is 4. The van der Waals surface area contributed by atoms with E-state index in [1.54, 1.807) is 30.3 Å². The van der Waals surface area contributed by atoms with Crippen LogP contribution in [-0.4, -0.2) is 15.3 Å². The van der Waals surface area contributed by atoms with E-state index in [1.165, 1.54) is 28.5 Å². The quantitative estimate of drug-likeness (QED) is 0.147. The number of halogens is 1. The number of aromatic nitrogens is 2. The van der Waals surface area contributed by atoms with Gasteiger partial charge in [0, 0.05) is 5.56 Å². The summed E-state index contributed by atoms with van der Waals surface area (Å²) in [6.45, 7) is 3.96. The maximum absolute atomic E-state index is 13.8. The lowest BCUT2D eigenvalue weighted by molar-refractivity contribution is 0.0989. The first-order chi connectivity index (χ1) is 17.4. The van der Waals surface area contributed by atoms with Crippen molar-refractivity contribution in [1.29, 1.82) is 0 Å². The zero-order chi connectivity index (χ0) is 25.2. The van der Waals surface area contributed by atoms with Gasteiger partial charge in [0.25, 0.3) is 5.56 Å². The standard InChI is InChI=1S/C30H23FN2O2S/c1-19-7-11-21(12-8-19)27(34)28(22-13-9-20(2)10-14-22)36-30-32-26-6-4-3-5-25(26)29(35)33(30)24-17-15-23(31)16-18-24/h3-18,28H,1-2H3/t28-/m1/s1. The number of ketones is 1. The molecule has 0 N–H and O–H groups in total. The van der Waals surface area contributed by atoms with Crippen molar-refractivity contribution in [2.75, 3.05) is 0 Å². The van der Waals surface area contributed by atoms with Crippen molar-refractivity contribution >= 4 is 28.4 Å². The SMILES string of the molecule is Cc1ccc(C(=O)[C@H](Sc2nc3ccccc3c(=O)n2-c2ccc(F)cc2)c2ccc(C)cc2)cc1. The predicted octanol–water partition coefficient (Wildman–Crippen LogP) is 6.86. The first-order valence-electron chi connectivity index (χ1n) is 11.5. The Labute approximate surface area is 212 Å². The molecule has 178 valence electrons. The molecule has 1 heterocycles. The minimum atomic E-state index is -0.645. The molecule has 0 radical (unpaired) electrons. The highest BCUT2D eigenvalue weighted by Crippen LogP contribution is 2.38. The Hall–Kier alpha value is -4.03. The number of Topliss-reactive ketones (excluding diaryl/α,β-unsaturated/α-hetero) is 1. The molecule has 0 saturated heterocycles. The summed E-state index contributed by atoms with van der Waals surface area (Å²) < 4.78 is 15.1. The predicted molar refractivity (Wildman–Crippen MR) is 143 cm³/mol. The van der Waals surface area contributed by atoms with Gasteiger partial charge >= 0.3 is 0 Å². The van der Waals surface area contributed by atoms with Crippen molar-refractivity contribution in [3.63, 3.8) is 0 Å². The Kier molecular flexibility index (Phi) is 6.53. The first kappa shape index (κ1) is 23.7. The summed E-state index contributed by atoms with van der Waals surface area (Å²) in [5, 5.41) is 0.160. The number of aryl methyl sites for hydroxylation is 2. The molecule has 0 aliphatic carbocycles. The molecule has 5 aromatic rings. The molecule has 5 rings (SSSR count). The molecule has 0 bridgehead atoms. The second kappa shape index (κ2) is 9.91. The number of fused-ring (bicyclic) bond motifs is 1. The number of nitrogens with zero attached hydrogens (tertiary/aromatic N) is 2. The van der Waals surface area contributed by atoms with Crippen LogP contribution in [-0.2, 0) is 0 Å². The fourth-order valence-corrected chi connectivity index (χ4v) is 5.19. The fourth-order valence-electron chi connectivity index (χ4n) is 4.00. The van der Waals surface area contributed by atoms with Gasteiger partial charge in [-0.2, -0.15) is 0 Å². The van der Waals surface area contributed by atoms with E-state index in [2.05, 4.69) is 0 Å². The highest BCUT2D eigenvalue weighted by Gasteiger charge is 2.26. The van der Waals surface area contributed by atoms with Gasteiger partial charge < -0.3 is 0 Å². The van der Waals surface area contributed by atoms with Crippen molar-refractivity contribution < 1.29 is 9.18 Å². The molecule has 1 atom stereocenters. The van der Waals surface area contributed by atoms with Crippen molar-refractivity contribution in [2.24, 2.45) is 0 Å². The summed E-state index contributed by atoms with van der Waals surface area (Å²) in [6.07, 6.45) is 0. The molecule has 4 aromatic carbocycles. The van der Waals surface area contributed by atoms with Crippen LogP contribution in [0, 0.1) is 19.7 Å². The number of carbonyl (C=O) groups excluding carboxylic acids is 1. The van der Waals surface area contributed by atoms with E-state index in [-0.39, 0.29) is 11.3 Å². The van der Waals surface area contributed by atoms with Crippen LogP contribution in [0.5, 0.6) is 0 Å². The molecule has 0 spiro atoms. The van der Waals surface area contributed by atoms with Gasteiger partial charge in [0.2, 0.25) is 0 Å². The molecule has 36 heavy (non-hydrogen) atoms. The van der Waals surface area contributed by atoms with Crippen molar-refractivity contribution in [3.05, 3.63) is 135 Å². The molecule has 0 unspecified atom stereocenters. The van der Waals surface area contributed by atoms with Crippen LogP contribution in [0.2, 0.25) is 0 Å². The Bertz CT molecular complexity index is 1610. The van der Waals surface area contributed by atoms with Crippen LogP contribution in [0.3, 0.4) is 0 Å². The Balaban J connectivity index is 1.69. The van der Waals surface area contributed by atoms with Gasteiger partial charge in [-0.05, 0) is 55.8 Å².